The first-order valence-corrected chi connectivity index (χ1v) is 16.4. The largest absolute Gasteiger partial charge is 0.309 e. The normalized spacial score (nSPS) is 16.4. The number of para-hydroxylation sites is 2. The molecule has 0 radical (unpaired) electrons. The molecular formula is C43H34N4. The fourth-order valence-electron chi connectivity index (χ4n) is 7.49. The van der Waals surface area contributed by atoms with Crippen molar-refractivity contribution in [1.82, 2.24) is 19.1 Å². The van der Waals surface area contributed by atoms with Gasteiger partial charge in [-0.3, -0.25) is 9.97 Å². The molecule has 4 aromatic carbocycles. The van der Waals surface area contributed by atoms with Gasteiger partial charge in [0.05, 0.1) is 22.1 Å². The summed E-state index contributed by atoms with van der Waals surface area (Å²) >= 11 is 0. The molecule has 1 aliphatic carbocycles. The zero-order valence-corrected chi connectivity index (χ0v) is 26.3. The Hall–Kier alpha value is -5.74. The van der Waals surface area contributed by atoms with E-state index in [1.807, 2.05) is 24.8 Å². The van der Waals surface area contributed by atoms with Crippen LogP contribution in [0.25, 0.3) is 55.0 Å². The molecule has 0 bridgehead atoms. The van der Waals surface area contributed by atoms with E-state index in [4.69, 9.17) is 0 Å². The SMILES string of the molecule is CC1(Cc2ccc(Cc3ccc(-n4c5ccccc5c5cnccc54)cc3)cc2)C=CC(n2c3ccccc3c3cnccc32)=CC1. The van der Waals surface area contributed by atoms with E-state index in [0.29, 0.717) is 0 Å². The predicted molar refractivity (Wildman–Crippen MR) is 195 cm³/mol. The van der Waals surface area contributed by atoms with Crippen LogP contribution in [0.5, 0.6) is 0 Å². The third-order valence-corrected chi connectivity index (χ3v) is 9.87. The van der Waals surface area contributed by atoms with Crippen LogP contribution >= 0.6 is 0 Å². The van der Waals surface area contributed by atoms with Gasteiger partial charge in [0.25, 0.3) is 0 Å². The van der Waals surface area contributed by atoms with Gasteiger partial charge in [-0.15, -0.1) is 0 Å². The molecule has 1 atom stereocenters. The molecule has 4 heteroatoms. The van der Waals surface area contributed by atoms with Crippen LogP contribution in [0, 0.1) is 5.41 Å². The summed E-state index contributed by atoms with van der Waals surface area (Å²) in [7, 11) is 0. The molecular weight excluding hydrogens is 573 g/mol. The maximum absolute atomic E-state index is 4.40. The summed E-state index contributed by atoms with van der Waals surface area (Å²) in [6.45, 7) is 2.37. The average Bonchev–Trinajstić information content (AvgIpc) is 3.63. The molecule has 0 spiro atoms. The Morgan fingerprint density at radius 1 is 0.574 bits per heavy atom. The van der Waals surface area contributed by atoms with Crippen LogP contribution in [0.1, 0.15) is 30.0 Å². The highest BCUT2D eigenvalue weighted by Crippen LogP contribution is 2.38. The van der Waals surface area contributed by atoms with E-state index in [1.165, 1.54) is 71.7 Å². The zero-order chi connectivity index (χ0) is 31.4. The minimum Gasteiger partial charge on any atom is -0.309 e. The van der Waals surface area contributed by atoms with Gasteiger partial charge in [-0.2, -0.15) is 0 Å². The third-order valence-electron chi connectivity index (χ3n) is 9.87. The molecule has 1 aliphatic rings. The summed E-state index contributed by atoms with van der Waals surface area (Å²) in [6.07, 6.45) is 17.7. The molecule has 0 saturated carbocycles. The van der Waals surface area contributed by atoms with Crippen LogP contribution in [-0.2, 0) is 12.8 Å². The van der Waals surface area contributed by atoms with E-state index in [0.717, 1.165) is 19.3 Å². The van der Waals surface area contributed by atoms with E-state index < -0.39 is 0 Å². The Bertz CT molecular complexity index is 2390. The number of hydrogen-bond donors (Lipinski definition) is 0. The molecule has 0 amide bonds. The second-order valence-corrected chi connectivity index (χ2v) is 13.1. The van der Waals surface area contributed by atoms with Crippen molar-refractivity contribution in [3.8, 4) is 5.69 Å². The van der Waals surface area contributed by atoms with Gasteiger partial charge in [0.2, 0.25) is 0 Å². The number of fused-ring (bicyclic) bond motifs is 6. The molecule has 0 saturated heterocycles. The van der Waals surface area contributed by atoms with Crippen molar-refractivity contribution in [3.05, 3.63) is 169 Å². The number of aromatic nitrogens is 4. The Kier molecular flexibility index (Phi) is 6.42. The summed E-state index contributed by atoms with van der Waals surface area (Å²) in [4.78, 5) is 8.78. The van der Waals surface area contributed by atoms with E-state index >= 15 is 0 Å². The lowest BCUT2D eigenvalue weighted by Gasteiger charge is -2.29. The first-order valence-electron chi connectivity index (χ1n) is 16.4. The van der Waals surface area contributed by atoms with Crippen molar-refractivity contribution >= 4 is 49.3 Å². The maximum atomic E-state index is 4.40. The summed E-state index contributed by atoms with van der Waals surface area (Å²) in [5, 5.41) is 4.86. The second kappa shape index (κ2) is 11.0. The van der Waals surface area contributed by atoms with Gasteiger partial charge in [0.15, 0.2) is 0 Å². The van der Waals surface area contributed by atoms with Crippen molar-refractivity contribution in [2.75, 3.05) is 0 Å². The van der Waals surface area contributed by atoms with E-state index in [2.05, 4.69) is 153 Å². The van der Waals surface area contributed by atoms with E-state index in [1.54, 1.807) is 0 Å². The van der Waals surface area contributed by atoms with Crippen LogP contribution < -0.4 is 0 Å². The molecule has 4 heterocycles. The Morgan fingerprint density at radius 3 is 1.72 bits per heavy atom. The summed E-state index contributed by atoms with van der Waals surface area (Å²) in [5.41, 5.74) is 11.3. The van der Waals surface area contributed by atoms with Crippen LogP contribution in [0.3, 0.4) is 0 Å². The van der Waals surface area contributed by atoms with Gasteiger partial charge < -0.3 is 9.13 Å². The van der Waals surface area contributed by atoms with Crippen LogP contribution in [0.4, 0.5) is 0 Å². The highest BCUT2D eigenvalue weighted by atomic mass is 15.0. The Balaban J connectivity index is 0.908. The van der Waals surface area contributed by atoms with Gasteiger partial charge in [-0.25, -0.2) is 0 Å². The van der Waals surface area contributed by atoms with E-state index in [9.17, 15) is 0 Å². The molecule has 0 N–H and O–H groups in total. The van der Waals surface area contributed by atoms with Crippen LogP contribution in [0.15, 0.2) is 152 Å². The molecule has 4 aromatic heterocycles. The fourth-order valence-corrected chi connectivity index (χ4v) is 7.49. The van der Waals surface area contributed by atoms with E-state index in [-0.39, 0.29) is 5.41 Å². The average molecular weight is 607 g/mol. The summed E-state index contributed by atoms with van der Waals surface area (Å²) < 4.78 is 4.72. The predicted octanol–water partition coefficient (Wildman–Crippen LogP) is 10.3. The minimum absolute atomic E-state index is 0.0734. The Morgan fingerprint density at radius 2 is 1.11 bits per heavy atom. The van der Waals surface area contributed by atoms with Crippen molar-refractivity contribution in [2.45, 2.75) is 26.2 Å². The first kappa shape index (κ1) is 27.6. The third kappa shape index (κ3) is 4.76. The van der Waals surface area contributed by atoms with Crippen molar-refractivity contribution in [2.24, 2.45) is 5.41 Å². The monoisotopic (exact) mass is 606 g/mol. The molecule has 9 rings (SSSR count). The van der Waals surface area contributed by atoms with Crippen molar-refractivity contribution < 1.29 is 0 Å². The van der Waals surface area contributed by atoms with Gasteiger partial charge in [-0.05, 0) is 83.8 Å². The number of hydrogen-bond acceptors (Lipinski definition) is 2. The smallest absolute Gasteiger partial charge is 0.0571 e. The second-order valence-electron chi connectivity index (χ2n) is 13.1. The molecule has 1 unspecified atom stereocenters. The van der Waals surface area contributed by atoms with Gasteiger partial charge in [-0.1, -0.05) is 91.9 Å². The number of benzene rings is 4. The minimum atomic E-state index is 0.0734. The van der Waals surface area contributed by atoms with Crippen molar-refractivity contribution in [3.63, 3.8) is 0 Å². The molecule has 226 valence electrons. The molecule has 0 aliphatic heterocycles. The number of pyridine rings is 2. The lowest BCUT2D eigenvalue weighted by molar-refractivity contribution is 0.427. The quantitative estimate of drug-likeness (QED) is 0.189. The number of nitrogens with zero attached hydrogens (tertiary/aromatic N) is 4. The summed E-state index contributed by atoms with van der Waals surface area (Å²) in [5.74, 6) is 0. The standard InChI is InChI=1S/C43H34N4/c1-43(22-18-34(19-23-43)47-40-9-5-3-7-36(40)38-29-45-25-21-42(38)47)27-32-12-10-30(11-13-32)26-31-14-16-33(17-15-31)46-39-8-4-2-6-35(39)37-28-44-24-20-41(37)46/h2-22,24-25,28-29H,23,26-27H2,1H3. The zero-order valence-electron chi connectivity index (χ0n) is 26.3. The maximum Gasteiger partial charge on any atom is 0.0571 e. The molecule has 47 heavy (non-hydrogen) atoms. The van der Waals surface area contributed by atoms with Gasteiger partial charge >= 0.3 is 0 Å². The number of allylic oxidation sites excluding steroid dienone is 4. The van der Waals surface area contributed by atoms with Gasteiger partial charge in [0.1, 0.15) is 0 Å². The highest BCUT2D eigenvalue weighted by Gasteiger charge is 2.25. The lowest BCUT2D eigenvalue weighted by Crippen LogP contribution is -2.19. The topological polar surface area (TPSA) is 35.6 Å². The summed E-state index contributed by atoms with van der Waals surface area (Å²) in [6, 6.07) is 39.6. The van der Waals surface area contributed by atoms with Gasteiger partial charge in [0, 0.05) is 57.7 Å². The van der Waals surface area contributed by atoms with Crippen LogP contribution in [-0.4, -0.2) is 19.1 Å². The lowest BCUT2D eigenvalue weighted by atomic mass is 9.78. The molecule has 4 nitrogen and oxygen atoms in total. The molecule has 8 aromatic rings. The van der Waals surface area contributed by atoms with Crippen molar-refractivity contribution in [1.29, 1.82) is 0 Å². The number of rotatable bonds is 6. The first-order chi connectivity index (χ1) is 23.1. The Labute approximate surface area is 274 Å². The van der Waals surface area contributed by atoms with Crippen LogP contribution in [0.2, 0.25) is 0 Å². The fraction of sp³-hybridized carbons (Fsp3) is 0.116. The molecule has 0 fully saturated rings. The highest BCUT2D eigenvalue weighted by molar-refractivity contribution is 6.10.